The van der Waals surface area contributed by atoms with E-state index in [-0.39, 0.29) is 0 Å². The van der Waals surface area contributed by atoms with E-state index in [4.69, 9.17) is 12.2 Å². The van der Waals surface area contributed by atoms with E-state index < -0.39 is 0 Å². The van der Waals surface area contributed by atoms with E-state index in [1.54, 1.807) is 11.8 Å². The summed E-state index contributed by atoms with van der Waals surface area (Å²) < 4.78 is 1.38. The van der Waals surface area contributed by atoms with Gasteiger partial charge in [0.05, 0.1) is 8.78 Å². The van der Waals surface area contributed by atoms with Crippen LogP contribution in [0.4, 0.5) is 0 Å². The fraction of sp³-hybridized carbons (Fsp3) is 0.375. The van der Waals surface area contributed by atoms with Gasteiger partial charge >= 0.3 is 0 Å². The molecule has 0 aromatic rings. The maximum absolute atomic E-state index is 5.22. The van der Waals surface area contributed by atoms with Crippen molar-refractivity contribution in [1.29, 1.82) is 0 Å². The molecule has 2 aliphatic heterocycles. The van der Waals surface area contributed by atoms with Crippen molar-refractivity contribution in [1.82, 2.24) is 0 Å². The van der Waals surface area contributed by atoms with Crippen molar-refractivity contribution in [2.24, 2.45) is 0 Å². The SMILES string of the molecule is CC1=C2SC(S)C(C)=C2SC1=S. The van der Waals surface area contributed by atoms with Crippen molar-refractivity contribution in [3.8, 4) is 0 Å². The maximum Gasteiger partial charge on any atom is 0.0794 e. The van der Waals surface area contributed by atoms with Gasteiger partial charge in [-0.1, -0.05) is 24.0 Å². The maximum atomic E-state index is 5.22. The first-order valence-electron chi connectivity index (χ1n) is 3.60. The van der Waals surface area contributed by atoms with Gasteiger partial charge in [0, 0.05) is 9.81 Å². The van der Waals surface area contributed by atoms with Crippen LogP contribution < -0.4 is 0 Å². The number of fused-ring (bicyclic) bond motifs is 1. The molecule has 0 aromatic carbocycles. The van der Waals surface area contributed by atoms with Crippen molar-refractivity contribution in [2.75, 3.05) is 0 Å². The molecule has 0 spiro atoms. The molecule has 2 heterocycles. The lowest BCUT2D eigenvalue weighted by atomic mass is 10.2. The van der Waals surface area contributed by atoms with Crippen LogP contribution in [0.1, 0.15) is 13.8 Å². The van der Waals surface area contributed by atoms with Gasteiger partial charge in [-0.3, -0.25) is 0 Å². The molecule has 0 radical (unpaired) electrons. The molecule has 1 atom stereocenters. The summed E-state index contributed by atoms with van der Waals surface area (Å²) in [6, 6.07) is 0. The highest BCUT2D eigenvalue weighted by Crippen LogP contribution is 2.54. The second kappa shape index (κ2) is 3.08. The van der Waals surface area contributed by atoms with E-state index in [1.807, 2.05) is 11.8 Å². The van der Waals surface area contributed by atoms with E-state index in [9.17, 15) is 0 Å². The molecule has 0 fully saturated rings. The smallest absolute Gasteiger partial charge is 0.0794 e. The zero-order chi connectivity index (χ0) is 8.88. The summed E-state index contributed by atoms with van der Waals surface area (Å²) in [4.78, 5) is 2.73. The van der Waals surface area contributed by atoms with Gasteiger partial charge in [-0.15, -0.1) is 11.8 Å². The Balaban J connectivity index is 2.52. The lowest BCUT2D eigenvalue weighted by Crippen LogP contribution is -1.89. The molecule has 0 saturated carbocycles. The molecule has 2 rings (SSSR count). The lowest BCUT2D eigenvalue weighted by Gasteiger charge is -2.01. The van der Waals surface area contributed by atoms with Crippen LogP contribution in [0.25, 0.3) is 0 Å². The number of hydrogen-bond acceptors (Lipinski definition) is 4. The highest BCUT2D eigenvalue weighted by molar-refractivity contribution is 8.28. The molecule has 64 valence electrons. The van der Waals surface area contributed by atoms with Gasteiger partial charge in [-0.2, -0.15) is 12.6 Å². The second-order valence-electron chi connectivity index (χ2n) is 2.83. The predicted octanol–water partition coefficient (Wildman–Crippen LogP) is 3.61. The zero-order valence-corrected chi connectivity index (χ0v) is 10.1. The van der Waals surface area contributed by atoms with Gasteiger partial charge in [0.25, 0.3) is 0 Å². The molecule has 0 N–H and O–H groups in total. The van der Waals surface area contributed by atoms with Crippen LogP contribution in [0.3, 0.4) is 0 Å². The monoisotopic (exact) mass is 232 g/mol. The van der Waals surface area contributed by atoms with Crippen LogP contribution in [0.15, 0.2) is 21.0 Å². The van der Waals surface area contributed by atoms with E-state index in [1.165, 1.54) is 21.0 Å². The third-order valence-corrected chi connectivity index (χ3v) is 5.94. The Morgan fingerprint density at radius 3 is 2.58 bits per heavy atom. The van der Waals surface area contributed by atoms with Gasteiger partial charge in [0.15, 0.2) is 0 Å². The van der Waals surface area contributed by atoms with Gasteiger partial charge in [0.1, 0.15) is 0 Å². The van der Waals surface area contributed by atoms with Gasteiger partial charge < -0.3 is 0 Å². The molecule has 0 aliphatic carbocycles. The number of thiol groups is 1. The van der Waals surface area contributed by atoms with Gasteiger partial charge in [0.2, 0.25) is 0 Å². The molecule has 0 nitrogen and oxygen atoms in total. The molecule has 2 aliphatic rings. The molecule has 0 aromatic heterocycles. The molecule has 0 amide bonds. The van der Waals surface area contributed by atoms with E-state index in [0.717, 1.165) is 4.20 Å². The summed E-state index contributed by atoms with van der Waals surface area (Å²) in [7, 11) is 0. The quantitative estimate of drug-likeness (QED) is 0.501. The third kappa shape index (κ3) is 1.20. The summed E-state index contributed by atoms with van der Waals surface area (Å²) in [5.74, 6) is 0. The van der Waals surface area contributed by atoms with Crippen LogP contribution in [-0.4, -0.2) is 8.78 Å². The number of thiocarbonyl (C=S) groups is 1. The molecular formula is C8H8S4. The average Bonchev–Trinajstić information content (AvgIpc) is 2.43. The molecule has 12 heavy (non-hydrogen) atoms. The summed E-state index contributed by atoms with van der Waals surface area (Å²) in [5, 5.41) is 0. The zero-order valence-electron chi connectivity index (χ0n) is 6.75. The molecule has 0 bridgehead atoms. The number of rotatable bonds is 0. The first-order chi connectivity index (χ1) is 5.61. The molecule has 0 saturated heterocycles. The summed E-state index contributed by atoms with van der Waals surface area (Å²) in [6.45, 7) is 4.24. The van der Waals surface area contributed by atoms with Gasteiger partial charge in [-0.05, 0) is 25.0 Å². The number of hydrogen-bond donors (Lipinski definition) is 1. The fourth-order valence-corrected chi connectivity index (χ4v) is 4.58. The standard InChI is InChI=1S/C8H8S4/c1-3-5-6(12-7(3)9)4(2)8(10)11-5/h7,9H,1-2H3. The topological polar surface area (TPSA) is 0 Å². The van der Waals surface area contributed by atoms with E-state index in [0.29, 0.717) is 4.58 Å². The average molecular weight is 232 g/mol. The highest BCUT2D eigenvalue weighted by Gasteiger charge is 2.33. The van der Waals surface area contributed by atoms with Crippen molar-refractivity contribution in [3.05, 3.63) is 21.0 Å². The van der Waals surface area contributed by atoms with Crippen LogP contribution in [-0.2, 0) is 0 Å². The van der Waals surface area contributed by atoms with E-state index >= 15 is 0 Å². The minimum atomic E-state index is 0.348. The first kappa shape index (κ1) is 9.19. The Morgan fingerprint density at radius 2 is 2.00 bits per heavy atom. The van der Waals surface area contributed by atoms with E-state index in [2.05, 4.69) is 26.5 Å². The number of thioether (sulfide) groups is 2. The third-order valence-electron chi connectivity index (χ3n) is 2.01. The molecule has 4 heteroatoms. The summed E-state index contributed by atoms with van der Waals surface area (Å²) in [5.41, 5.74) is 2.63. The highest BCUT2D eigenvalue weighted by atomic mass is 32.2. The molecular weight excluding hydrogens is 224 g/mol. The van der Waals surface area contributed by atoms with Crippen molar-refractivity contribution in [2.45, 2.75) is 18.4 Å². The Labute approximate surface area is 91.7 Å². The summed E-state index contributed by atoms with van der Waals surface area (Å²) in [6.07, 6.45) is 0. The van der Waals surface area contributed by atoms with Crippen LogP contribution in [0, 0.1) is 0 Å². The Morgan fingerprint density at radius 1 is 1.33 bits per heavy atom. The van der Waals surface area contributed by atoms with Gasteiger partial charge in [-0.25, -0.2) is 0 Å². The fourth-order valence-electron chi connectivity index (χ4n) is 1.19. The molecule has 1 unspecified atom stereocenters. The largest absolute Gasteiger partial charge is 0.160 e. The lowest BCUT2D eigenvalue weighted by molar-refractivity contribution is 1.37. The van der Waals surface area contributed by atoms with Crippen molar-refractivity contribution >= 4 is 52.6 Å². The minimum Gasteiger partial charge on any atom is -0.160 e. The Bertz CT molecular complexity index is 324. The van der Waals surface area contributed by atoms with Crippen molar-refractivity contribution in [3.63, 3.8) is 0 Å². The van der Waals surface area contributed by atoms with Crippen LogP contribution >= 0.6 is 48.4 Å². The Kier molecular flexibility index (Phi) is 2.36. The first-order valence-corrected chi connectivity index (χ1v) is 6.22. The minimum absolute atomic E-state index is 0.348. The van der Waals surface area contributed by atoms with Crippen LogP contribution in [0.5, 0.6) is 0 Å². The normalized spacial score (nSPS) is 28.9. The second-order valence-corrected chi connectivity index (χ2v) is 6.49. The van der Waals surface area contributed by atoms with Crippen LogP contribution in [0.2, 0.25) is 0 Å². The predicted molar refractivity (Wildman–Crippen MR) is 66.0 cm³/mol. The summed E-state index contributed by atoms with van der Waals surface area (Å²) >= 11 is 13.2. The van der Waals surface area contributed by atoms with Crippen molar-refractivity contribution < 1.29 is 0 Å². The Hall–Kier alpha value is 0.620.